The summed E-state index contributed by atoms with van der Waals surface area (Å²) >= 11 is 0. The quantitative estimate of drug-likeness (QED) is 0.529. The zero-order valence-electron chi connectivity index (χ0n) is 15.9. The van der Waals surface area contributed by atoms with E-state index >= 15 is 0 Å². The third-order valence-corrected chi connectivity index (χ3v) is 5.72. The van der Waals surface area contributed by atoms with E-state index < -0.39 is 30.3 Å². The second-order valence-electron chi connectivity index (χ2n) is 7.44. The van der Waals surface area contributed by atoms with E-state index in [0.717, 1.165) is 22.6 Å². The zero-order valence-corrected chi connectivity index (χ0v) is 15.9. The second-order valence-corrected chi connectivity index (χ2v) is 7.44. The fourth-order valence-electron chi connectivity index (χ4n) is 4.10. The molecule has 3 heterocycles. The van der Waals surface area contributed by atoms with Gasteiger partial charge in [-0.05, 0) is 25.0 Å². The van der Waals surface area contributed by atoms with Gasteiger partial charge in [-0.2, -0.15) is 0 Å². The lowest BCUT2D eigenvalue weighted by Gasteiger charge is -2.34. The van der Waals surface area contributed by atoms with Crippen molar-refractivity contribution >= 4 is 29.7 Å². The molecule has 3 aliphatic rings. The van der Waals surface area contributed by atoms with Crippen LogP contribution >= 0.6 is 0 Å². The van der Waals surface area contributed by atoms with Crippen molar-refractivity contribution in [3.05, 3.63) is 24.2 Å². The van der Waals surface area contributed by atoms with E-state index in [1.54, 1.807) is 17.0 Å². The largest absolute Gasteiger partial charge is 0.459 e. The summed E-state index contributed by atoms with van der Waals surface area (Å²) in [5.74, 6) is -2.21. The number of imide groups is 2. The van der Waals surface area contributed by atoms with Crippen LogP contribution in [0.1, 0.15) is 36.2 Å². The van der Waals surface area contributed by atoms with Crippen LogP contribution in [0.3, 0.4) is 0 Å². The Morgan fingerprint density at radius 1 is 0.966 bits per heavy atom. The van der Waals surface area contributed by atoms with Crippen LogP contribution in [0.4, 0.5) is 4.79 Å². The predicted octanol–water partition coefficient (Wildman–Crippen LogP) is 0.297. The van der Waals surface area contributed by atoms with Crippen LogP contribution in [0.25, 0.3) is 0 Å². The number of carbonyl (C=O) groups excluding carboxylic acids is 5. The summed E-state index contributed by atoms with van der Waals surface area (Å²) in [5.41, 5.74) is 0. The summed E-state index contributed by atoms with van der Waals surface area (Å²) in [6.07, 6.45) is 4.63. The minimum Gasteiger partial charge on any atom is -0.459 e. The van der Waals surface area contributed by atoms with Crippen molar-refractivity contribution in [2.45, 2.75) is 31.7 Å². The molecule has 1 aromatic rings. The van der Waals surface area contributed by atoms with Crippen LogP contribution in [0.5, 0.6) is 0 Å². The monoisotopic (exact) mass is 402 g/mol. The van der Waals surface area contributed by atoms with Gasteiger partial charge in [0.15, 0.2) is 5.76 Å². The Kier molecular flexibility index (Phi) is 5.08. The van der Waals surface area contributed by atoms with Gasteiger partial charge in [0, 0.05) is 32.2 Å². The SMILES string of the molecule is O=C(CN1C(=O)C(=O)N(C2CCCC2)C1=O)N1CCN(C(=O)c2ccco2)CC1. The number of hydrogen-bond donors (Lipinski definition) is 0. The lowest BCUT2D eigenvalue weighted by Crippen LogP contribution is -2.53. The molecule has 0 N–H and O–H groups in total. The highest BCUT2D eigenvalue weighted by atomic mass is 16.3. The van der Waals surface area contributed by atoms with E-state index in [2.05, 4.69) is 0 Å². The molecule has 1 saturated carbocycles. The molecular weight excluding hydrogens is 380 g/mol. The molecule has 0 bridgehead atoms. The summed E-state index contributed by atoms with van der Waals surface area (Å²) in [5, 5.41) is 0. The van der Waals surface area contributed by atoms with Crippen molar-refractivity contribution in [2.24, 2.45) is 0 Å². The number of piperazine rings is 1. The van der Waals surface area contributed by atoms with Crippen LogP contribution in [-0.4, -0.2) is 88.0 Å². The van der Waals surface area contributed by atoms with Crippen LogP contribution in [0.15, 0.2) is 22.8 Å². The normalized spacial score (nSPS) is 20.9. The van der Waals surface area contributed by atoms with Gasteiger partial charge in [0.05, 0.1) is 6.26 Å². The summed E-state index contributed by atoms with van der Waals surface area (Å²) in [7, 11) is 0. The molecule has 1 aromatic heterocycles. The van der Waals surface area contributed by atoms with Crippen molar-refractivity contribution in [3.8, 4) is 0 Å². The first kappa shape index (κ1) is 19.2. The molecule has 2 saturated heterocycles. The van der Waals surface area contributed by atoms with Crippen LogP contribution in [0.2, 0.25) is 0 Å². The number of furan rings is 1. The Morgan fingerprint density at radius 2 is 1.62 bits per heavy atom. The smallest absolute Gasteiger partial charge is 0.334 e. The standard InChI is InChI=1S/C19H22N4O6/c24-15(20-7-9-21(10-8-20)16(25)14-6-3-11-29-14)12-22-17(26)18(27)23(19(22)28)13-4-1-2-5-13/h3,6,11,13H,1-2,4-5,7-10,12H2. The molecule has 154 valence electrons. The molecule has 4 rings (SSSR count). The number of hydrogen-bond acceptors (Lipinski definition) is 6. The summed E-state index contributed by atoms with van der Waals surface area (Å²) in [4.78, 5) is 66.8. The molecule has 0 radical (unpaired) electrons. The van der Waals surface area contributed by atoms with E-state index in [4.69, 9.17) is 4.42 Å². The first-order valence-corrected chi connectivity index (χ1v) is 9.77. The Balaban J connectivity index is 1.34. The van der Waals surface area contributed by atoms with E-state index in [9.17, 15) is 24.0 Å². The van der Waals surface area contributed by atoms with Gasteiger partial charge in [0.25, 0.3) is 5.91 Å². The minimum absolute atomic E-state index is 0.239. The molecule has 29 heavy (non-hydrogen) atoms. The van der Waals surface area contributed by atoms with Crippen molar-refractivity contribution < 1.29 is 28.4 Å². The lowest BCUT2D eigenvalue weighted by atomic mass is 10.2. The molecule has 10 nitrogen and oxygen atoms in total. The van der Waals surface area contributed by atoms with Gasteiger partial charge in [0.1, 0.15) is 6.54 Å². The van der Waals surface area contributed by atoms with Gasteiger partial charge in [-0.25, -0.2) is 9.69 Å². The second kappa shape index (κ2) is 7.69. The summed E-state index contributed by atoms with van der Waals surface area (Å²) in [6.45, 7) is 0.739. The van der Waals surface area contributed by atoms with Gasteiger partial charge >= 0.3 is 17.8 Å². The zero-order chi connectivity index (χ0) is 20.5. The van der Waals surface area contributed by atoms with Gasteiger partial charge in [-0.15, -0.1) is 0 Å². The predicted molar refractivity (Wildman–Crippen MR) is 97.4 cm³/mol. The Bertz CT molecular complexity index is 837. The molecule has 0 aromatic carbocycles. The van der Waals surface area contributed by atoms with Crippen LogP contribution in [0, 0.1) is 0 Å². The number of nitrogens with zero attached hydrogens (tertiary/aromatic N) is 4. The maximum atomic E-state index is 12.6. The Hall–Kier alpha value is -3.17. The van der Waals surface area contributed by atoms with Crippen LogP contribution in [-0.2, 0) is 14.4 Å². The van der Waals surface area contributed by atoms with Gasteiger partial charge < -0.3 is 14.2 Å². The van der Waals surface area contributed by atoms with Gasteiger partial charge in [0.2, 0.25) is 5.91 Å². The average Bonchev–Trinajstić information content (AvgIpc) is 3.48. The topological polar surface area (TPSA) is 111 Å². The number of amides is 6. The fraction of sp³-hybridized carbons (Fsp3) is 0.526. The Labute approximate surface area is 167 Å². The minimum atomic E-state index is -0.943. The molecule has 6 amide bonds. The van der Waals surface area contributed by atoms with Gasteiger partial charge in [-0.1, -0.05) is 12.8 Å². The van der Waals surface area contributed by atoms with E-state index in [1.807, 2.05) is 0 Å². The molecule has 0 spiro atoms. The summed E-state index contributed by atoms with van der Waals surface area (Å²) < 4.78 is 5.11. The highest BCUT2D eigenvalue weighted by Crippen LogP contribution is 2.27. The first-order chi connectivity index (χ1) is 14.0. The van der Waals surface area contributed by atoms with Crippen molar-refractivity contribution in [1.29, 1.82) is 0 Å². The maximum Gasteiger partial charge on any atom is 0.334 e. The molecule has 1 aliphatic carbocycles. The van der Waals surface area contributed by atoms with Crippen molar-refractivity contribution in [2.75, 3.05) is 32.7 Å². The molecule has 0 atom stereocenters. The Morgan fingerprint density at radius 3 is 2.24 bits per heavy atom. The van der Waals surface area contributed by atoms with Crippen molar-refractivity contribution in [3.63, 3.8) is 0 Å². The molecular formula is C19H22N4O6. The maximum absolute atomic E-state index is 12.6. The highest BCUT2D eigenvalue weighted by Gasteiger charge is 2.49. The third kappa shape index (κ3) is 3.50. The number of urea groups is 1. The van der Waals surface area contributed by atoms with E-state index in [0.29, 0.717) is 25.9 Å². The highest BCUT2D eigenvalue weighted by molar-refractivity contribution is 6.45. The van der Waals surface area contributed by atoms with Crippen LogP contribution < -0.4 is 0 Å². The molecule has 10 heteroatoms. The number of carbonyl (C=O) groups is 5. The molecule has 0 unspecified atom stereocenters. The van der Waals surface area contributed by atoms with Crippen molar-refractivity contribution in [1.82, 2.24) is 19.6 Å². The van der Waals surface area contributed by atoms with Gasteiger partial charge in [-0.3, -0.25) is 24.1 Å². The molecule has 2 aliphatic heterocycles. The van der Waals surface area contributed by atoms with E-state index in [-0.39, 0.29) is 30.8 Å². The number of rotatable bonds is 4. The third-order valence-electron chi connectivity index (χ3n) is 5.72. The first-order valence-electron chi connectivity index (χ1n) is 9.77. The summed E-state index contributed by atoms with van der Waals surface area (Å²) in [6, 6.07) is 2.26. The molecule has 3 fully saturated rings. The fourth-order valence-corrected chi connectivity index (χ4v) is 4.10. The average molecular weight is 402 g/mol. The van der Waals surface area contributed by atoms with E-state index in [1.165, 1.54) is 11.2 Å². The lowest BCUT2D eigenvalue weighted by molar-refractivity contribution is -0.145.